The number of nitriles is 1. The van der Waals surface area contributed by atoms with Crippen molar-refractivity contribution in [2.45, 2.75) is 12.7 Å². The second-order valence-electron chi connectivity index (χ2n) is 2.79. The minimum atomic E-state index is -0.864. The summed E-state index contributed by atoms with van der Waals surface area (Å²) in [6.45, 7) is 1.87. The molecule has 1 aromatic rings. The summed E-state index contributed by atoms with van der Waals surface area (Å²) in [6.07, 6.45) is 0. The Hall–Kier alpha value is -0.850. The van der Waals surface area contributed by atoms with E-state index in [4.69, 9.17) is 16.9 Å². The molecule has 0 amide bonds. The van der Waals surface area contributed by atoms with Gasteiger partial charge in [0, 0.05) is 27.3 Å². The van der Waals surface area contributed by atoms with E-state index >= 15 is 0 Å². The van der Waals surface area contributed by atoms with Gasteiger partial charge in [-0.25, -0.2) is 0 Å². The van der Waals surface area contributed by atoms with Crippen LogP contribution in [0, 0.1) is 11.3 Å². The number of halogens is 1. The van der Waals surface area contributed by atoms with Crippen LogP contribution in [-0.4, -0.2) is 9.96 Å². The molecule has 0 bridgehead atoms. The van der Waals surface area contributed by atoms with Gasteiger partial charge in [0.25, 0.3) is 0 Å². The lowest BCUT2D eigenvalue weighted by atomic mass is 10.2. The first kappa shape index (κ1) is 11.2. The second kappa shape index (κ2) is 5.14. The first-order valence-electron chi connectivity index (χ1n) is 4.21. The summed E-state index contributed by atoms with van der Waals surface area (Å²) in [5.41, 5.74) is 1.37. The van der Waals surface area contributed by atoms with Crippen molar-refractivity contribution < 1.29 is 4.21 Å². The largest absolute Gasteiger partial charge is 0.259 e. The van der Waals surface area contributed by atoms with Gasteiger partial charge < -0.3 is 0 Å². The number of hydrogen-bond acceptors (Lipinski definition) is 2. The Kier molecular flexibility index (Phi) is 4.12. The number of nitrogens with zero attached hydrogens (tertiary/aromatic N) is 1. The van der Waals surface area contributed by atoms with E-state index in [1.807, 2.05) is 13.0 Å². The molecule has 1 rings (SSSR count). The van der Waals surface area contributed by atoms with E-state index in [9.17, 15) is 4.21 Å². The van der Waals surface area contributed by atoms with Crippen LogP contribution in [0.15, 0.2) is 18.2 Å². The van der Waals surface area contributed by atoms with E-state index in [-0.39, 0.29) is 0 Å². The summed E-state index contributed by atoms with van der Waals surface area (Å²) in [6, 6.07) is 7.05. The van der Waals surface area contributed by atoms with Crippen molar-refractivity contribution in [1.82, 2.24) is 0 Å². The molecule has 0 aliphatic heterocycles. The zero-order chi connectivity index (χ0) is 10.6. The molecule has 0 saturated heterocycles. The number of rotatable bonds is 3. The van der Waals surface area contributed by atoms with E-state index in [2.05, 4.69) is 0 Å². The third-order valence-corrected chi connectivity index (χ3v) is 3.45. The zero-order valence-electron chi connectivity index (χ0n) is 7.79. The SMILES string of the molecule is CCS(=O)Cc1ccc(C#N)cc1Cl. The van der Waals surface area contributed by atoms with Crippen molar-refractivity contribution in [2.75, 3.05) is 5.75 Å². The minimum Gasteiger partial charge on any atom is -0.259 e. The summed E-state index contributed by atoms with van der Waals surface area (Å²) < 4.78 is 11.3. The highest BCUT2D eigenvalue weighted by atomic mass is 35.5. The molecule has 14 heavy (non-hydrogen) atoms. The molecule has 0 saturated carbocycles. The molecule has 2 nitrogen and oxygen atoms in total. The van der Waals surface area contributed by atoms with Gasteiger partial charge in [0.2, 0.25) is 0 Å². The Balaban J connectivity index is 2.90. The van der Waals surface area contributed by atoms with Gasteiger partial charge in [-0.3, -0.25) is 4.21 Å². The summed E-state index contributed by atoms with van der Waals surface area (Å²) in [4.78, 5) is 0. The quantitative estimate of drug-likeness (QED) is 0.796. The Bertz CT molecular complexity index is 398. The monoisotopic (exact) mass is 227 g/mol. The van der Waals surface area contributed by atoms with Crippen LogP contribution in [0.4, 0.5) is 0 Å². The molecule has 1 atom stereocenters. The van der Waals surface area contributed by atoms with Gasteiger partial charge >= 0.3 is 0 Å². The predicted molar refractivity (Wildman–Crippen MR) is 58.6 cm³/mol. The van der Waals surface area contributed by atoms with Crippen LogP contribution in [0.2, 0.25) is 5.02 Å². The van der Waals surface area contributed by atoms with Gasteiger partial charge in [-0.05, 0) is 17.7 Å². The molecule has 0 fully saturated rings. The molecule has 4 heteroatoms. The van der Waals surface area contributed by atoms with Crippen molar-refractivity contribution in [3.05, 3.63) is 34.3 Å². The summed E-state index contributed by atoms with van der Waals surface area (Å²) in [7, 11) is -0.864. The molecule has 0 N–H and O–H groups in total. The first-order chi connectivity index (χ1) is 6.67. The third kappa shape index (κ3) is 2.83. The normalized spacial score (nSPS) is 12.1. The molecule has 0 spiro atoms. The molecule has 0 aliphatic carbocycles. The van der Waals surface area contributed by atoms with Crippen LogP contribution in [-0.2, 0) is 16.6 Å². The molecule has 1 aromatic carbocycles. The Labute approximate surface area is 91.0 Å². The molecule has 0 heterocycles. The molecule has 0 aliphatic rings. The van der Waals surface area contributed by atoms with Crippen molar-refractivity contribution in [1.29, 1.82) is 5.26 Å². The molecule has 74 valence electrons. The van der Waals surface area contributed by atoms with E-state index < -0.39 is 10.8 Å². The average molecular weight is 228 g/mol. The maximum atomic E-state index is 11.3. The summed E-state index contributed by atoms with van der Waals surface area (Å²) in [5.74, 6) is 1.08. The Morgan fingerprint density at radius 3 is 2.79 bits per heavy atom. The topological polar surface area (TPSA) is 40.9 Å². The predicted octanol–water partition coefficient (Wildman–Crippen LogP) is 2.48. The lowest BCUT2D eigenvalue weighted by Crippen LogP contribution is -1.98. The van der Waals surface area contributed by atoms with Crippen molar-refractivity contribution in [3.63, 3.8) is 0 Å². The zero-order valence-corrected chi connectivity index (χ0v) is 9.36. The summed E-state index contributed by atoms with van der Waals surface area (Å²) in [5, 5.41) is 9.13. The standard InChI is InChI=1S/C10H10ClNOS/c1-2-14(13)7-9-4-3-8(6-12)5-10(9)11/h3-5H,2,7H2,1H3. The van der Waals surface area contributed by atoms with Gasteiger partial charge in [-0.2, -0.15) is 5.26 Å². The lowest BCUT2D eigenvalue weighted by molar-refractivity contribution is 0.683. The van der Waals surface area contributed by atoms with Gasteiger partial charge in [0.1, 0.15) is 0 Å². The van der Waals surface area contributed by atoms with Gasteiger partial charge in [0.05, 0.1) is 11.6 Å². The molecule has 0 aromatic heterocycles. The van der Waals surface area contributed by atoms with Crippen LogP contribution < -0.4 is 0 Å². The first-order valence-corrected chi connectivity index (χ1v) is 6.07. The van der Waals surface area contributed by atoms with Crippen molar-refractivity contribution in [2.24, 2.45) is 0 Å². The summed E-state index contributed by atoms with van der Waals surface area (Å²) >= 11 is 5.92. The Morgan fingerprint density at radius 2 is 2.29 bits per heavy atom. The van der Waals surface area contributed by atoms with Crippen LogP contribution >= 0.6 is 11.6 Å². The maximum Gasteiger partial charge on any atom is 0.0992 e. The fraction of sp³-hybridized carbons (Fsp3) is 0.300. The van der Waals surface area contributed by atoms with E-state index in [1.54, 1.807) is 18.2 Å². The molecule has 0 radical (unpaired) electrons. The third-order valence-electron chi connectivity index (χ3n) is 1.82. The van der Waals surface area contributed by atoms with E-state index in [1.165, 1.54) is 0 Å². The van der Waals surface area contributed by atoms with Gasteiger partial charge in [-0.1, -0.05) is 24.6 Å². The lowest BCUT2D eigenvalue weighted by Gasteiger charge is -2.02. The van der Waals surface area contributed by atoms with Gasteiger partial charge in [-0.15, -0.1) is 0 Å². The smallest absolute Gasteiger partial charge is 0.0992 e. The van der Waals surface area contributed by atoms with Crippen LogP contribution in [0.25, 0.3) is 0 Å². The van der Waals surface area contributed by atoms with Crippen LogP contribution in [0.1, 0.15) is 18.1 Å². The fourth-order valence-corrected chi connectivity index (χ4v) is 2.14. The average Bonchev–Trinajstić information content (AvgIpc) is 2.20. The molecule has 1 unspecified atom stereocenters. The fourth-order valence-electron chi connectivity index (χ4n) is 1.01. The number of benzene rings is 1. The minimum absolute atomic E-state index is 0.459. The highest BCUT2D eigenvalue weighted by Crippen LogP contribution is 2.19. The van der Waals surface area contributed by atoms with Crippen molar-refractivity contribution in [3.8, 4) is 6.07 Å². The maximum absolute atomic E-state index is 11.3. The Morgan fingerprint density at radius 1 is 1.57 bits per heavy atom. The highest BCUT2D eigenvalue weighted by molar-refractivity contribution is 7.84. The van der Waals surface area contributed by atoms with Crippen LogP contribution in [0.3, 0.4) is 0 Å². The van der Waals surface area contributed by atoms with Gasteiger partial charge in [0.15, 0.2) is 0 Å². The highest BCUT2D eigenvalue weighted by Gasteiger charge is 2.04. The van der Waals surface area contributed by atoms with E-state index in [0.29, 0.717) is 22.1 Å². The van der Waals surface area contributed by atoms with E-state index in [0.717, 1.165) is 5.56 Å². The second-order valence-corrected chi connectivity index (χ2v) is 4.94. The molecular weight excluding hydrogens is 218 g/mol. The number of hydrogen-bond donors (Lipinski definition) is 0. The molecular formula is C10H10ClNOS. The van der Waals surface area contributed by atoms with Crippen molar-refractivity contribution >= 4 is 22.4 Å². The van der Waals surface area contributed by atoms with Crippen LogP contribution in [0.5, 0.6) is 0 Å².